The van der Waals surface area contributed by atoms with Crippen molar-refractivity contribution in [2.75, 3.05) is 0 Å². The second-order valence-electron chi connectivity index (χ2n) is 4.81. The van der Waals surface area contributed by atoms with Crippen molar-refractivity contribution in [3.63, 3.8) is 0 Å². The minimum atomic E-state index is 0.0153. The van der Waals surface area contributed by atoms with E-state index in [1.54, 1.807) is 11.8 Å². The molecule has 20 heavy (non-hydrogen) atoms. The lowest BCUT2D eigenvalue weighted by molar-refractivity contribution is 0.758. The van der Waals surface area contributed by atoms with Crippen LogP contribution in [0, 0.1) is 6.92 Å². The summed E-state index contributed by atoms with van der Waals surface area (Å²) in [5, 5.41) is 0.705. The Bertz CT molecular complexity index is 608. The molecule has 0 aliphatic rings. The van der Waals surface area contributed by atoms with Gasteiger partial charge in [-0.05, 0) is 25.3 Å². The molecule has 2 rings (SSSR count). The van der Waals surface area contributed by atoms with Crippen LogP contribution in [0.1, 0.15) is 36.6 Å². The van der Waals surface area contributed by atoms with Gasteiger partial charge in [0, 0.05) is 17.0 Å². The van der Waals surface area contributed by atoms with Crippen LogP contribution in [-0.4, -0.2) is 9.97 Å². The molecule has 1 aromatic heterocycles. The van der Waals surface area contributed by atoms with Crippen LogP contribution >= 0.6 is 11.8 Å². The quantitative estimate of drug-likeness (QED) is 0.651. The van der Waals surface area contributed by atoms with E-state index < -0.39 is 0 Å². The summed E-state index contributed by atoms with van der Waals surface area (Å²) in [4.78, 5) is 19.5. The van der Waals surface area contributed by atoms with E-state index in [2.05, 4.69) is 29.0 Å². The molecule has 2 aromatic rings. The van der Waals surface area contributed by atoms with Crippen LogP contribution in [0.5, 0.6) is 0 Å². The molecule has 0 fully saturated rings. The van der Waals surface area contributed by atoms with Crippen molar-refractivity contribution in [1.29, 1.82) is 0 Å². The summed E-state index contributed by atoms with van der Waals surface area (Å²) < 4.78 is 0. The van der Waals surface area contributed by atoms with Crippen molar-refractivity contribution >= 4 is 11.8 Å². The molecular weight excluding hydrogens is 268 g/mol. The molecule has 0 bridgehead atoms. The maximum absolute atomic E-state index is 12.1. The highest BCUT2D eigenvalue weighted by molar-refractivity contribution is 7.98. The van der Waals surface area contributed by atoms with Crippen LogP contribution in [0.2, 0.25) is 0 Å². The lowest BCUT2D eigenvalue weighted by Crippen LogP contribution is -2.17. The Kier molecular flexibility index (Phi) is 5.41. The summed E-state index contributed by atoms with van der Waals surface area (Å²) >= 11 is 1.57. The Morgan fingerprint density at radius 3 is 2.65 bits per heavy atom. The molecule has 106 valence electrons. The van der Waals surface area contributed by atoms with Crippen LogP contribution in [0.3, 0.4) is 0 Å². The number of hydrogen-bond acceptors (Lipinski definition) is 3. The third kappa shape index (κ3) is 3.97. The number of unbranched alkanes of at least 4 members (excludes halogenated alkanes) is 1. The number of aromatic nitrogens is 2. The van der Waals surface area contributed by atoms with Gasteiger partial charge in [0.15, 0.2) is 5.16 Å². The van der Waals surface area contributed by atoms with Crippen LogP contribution in [0.25, 0.3) is 0 Å². The second-order valence-corrected chi connectivity index (χ2v) is 5.78. The summed E-state index contributed by atoms with van der Waals surface area (Å²) in [6.07, 6.45) is 2.93. The number of aryl methyl sites for hydroxylation is 1. The molecular formula is C16H20N2OS. The van der Waals surface area contributed by atoms with Gasteiger partial charge in [0.2, 0.25) is 0 Å². The number of thioether (sulfide) groups is 1. The van der Waals surface area contributed by atoms with Gasteiger partial charge in [-0.15, -0.1) is 0 Å². The summed E-state index contributed by atoms with van der Waals surface area (Å²) in [5.74, 6) is 0.817. The van der Waals surface area contributed by atoms with E-state index in [1.807, 2.05) is 25.1 Å². The number of nitrogens with zero attached hydrogens (tertiary/aromatic N) is 1. The van der Waals surface area contributed by atoms with E-state index >= 15 is 0 Å². The number of H-pyrrole nitrogens is 1. The highest BCUT2D eigenvalue weighted by atomic mass is 32.2. The topological polar surface area (TPSA) is 45.8 Å². The molecule has 0 saturated heterocycles. The standard InChI is InChI=1S/C16H20N2OS/c1-3-4-10-14-12(2)17-16(18-15(14)19)20-11-13-8-6-5-7-9-13/h5-9H,3-4,10-11H2,1-2H3,(H,17,18,19). The minimum Gasteiger partial charge on any atom is -0.301 e. The number of rotatable bonds is 6. The molecule has 4 heteroatoms. The van der Waals surface area contributed by atoms with Crippen molar-refractivity contribution in [1.82, 2.24) is 9.97 Å². The van der Waals surface area contributed by atoms with Crippen LogP contribution in [-0.2, 0) is 12.2 Å². The Morgan fingerprint density at radius 2 is 2.00 bits per heavy atom. The first-order valence-corrected chi connectivity index (χ1v) is 7.95. The monoisotopic (exact) mass is 288 g/mol. The zero-order valence-electron chi connectivity index (χ0n) is 12.0. The van der Waals surface area contributed by atoms with E-state index in [1.165, 1.54) is 5.56 Å². The molecule has 0 amide bonds. The van der Waals surface area contributed by atoms with Gasteiger partial charge in [0.25, 0.3) is 5.56 Å². The van der Waals surface area contributed by atoms with Gasteiger partial charge >= 0.3 is 0 Å². The molecule has 0 atom stereocenters. The molecule has 1 aromatic carbocycles. The van der Waals surface area contributed by atoms with E-state index in [-0.39, 0.29) is 5.56 Å². The molecule has 3 nitrogen and oxygen atoms in total. The van der Waals surface area contributed by atoms with E-state index in [0.29, 0.717) is 5.16 Å². The molecule has 0 saturated carbocycles. The fraction of sp³-hybridized carbons (Fsp3) is 0.375. The maximum Gasteiger partial charge on any atom is 0.254 e. The number of nitrogens with one attached hydrogen (secondary N) is 1. The van der Waals surface area contributed by atoms with Crippen molar-refractivity contribution in [2.45, 2.75) is 44.0 Å². The van der Waals surface area contributed by atoms with Crippen molar-refractivity contribution in [3.05, 3.63) is 57.5 Å². The van der Waals surface area contributed by atoms with Gasteiger partial charge in [0.1, 0.15) is 0 Å². The number of benzene rings is 1. The Labute approximate surface area is 123 Å². The predicted octanol–water partition coefficient (Wildman–Crippen LogP) is 3.71. The molecule has 0 unspecified atom stereocenters. The predicted molar refractivity (Wildman–Crippen MR) is 84.2 cm³/mol. The van der Waals surface area contributed by atoms with E-state index in [4.69, 9.17) is 0 Å². The maximum atomic E-state index is 12.1. The van der Waals surface area contributed by atoms with Gasteiger partial charge in [-0.3, -0.25) is 4.79 Å². The number of hydrogen-bond donors (Lipinski definition) is 1. The second kappa shape index (κ2) is 7.29. The van der Waals surface area contributed by atoms with E-state index in [9.17, 15) is 4.79 Å². The van der Waals surface area contributed by atoms with Crippen LogP contribution < -0.4 is 5.56 Å². The van der Waals surface area contributed by atoms with Gasteiger partial charge in [-0.25, -0.2) is 4.98 Å². The first-order valence-electron chi connectivity index (χ1n) is 6.97. The Balaban J connectivity index is 2.08. The van der Waals surface area contributed by atoms with Crippen molar-refractivity contribution in [3.8, 4) is 0 Å². The summed E-state index contributed by atoms with van der Waals surface area (Å²) in [7, 11) is 0. The van der Waals surface area contributed by atoms with Gasteiger partial charge in [-0.1, -0.05) is 55.4 Å². The molecule has 1 heterocycles. The molecule has 0 radical (unpaired) electrons. The lowest BCUT2D eigenvalue weighted by atomic mass is 10.1. The third-order valence-electron chi connectivity index (χ3n) is 3.20. The largest absolute Gasteiger partial charge is 0.301 e. The summed E-state index contributed by atoms with van der Waals surface area (Å²) in [6.45, 7) is 4.05. The van der Waals surface area contributed by atoms with Gasteiger partial charge in [0.05, 0.1) is 0 Å². The van der Waals surface area contributed by atoms with Crippen LogP contribution in [0.15, 0.2) is 40.3 Å². The Hall–Kier alpha value is -1.55. The number of aromatic amines is 1. The zero-order chi connectivity index (χ0) is 14.4. The zero-order valence-corrected chi connectivity index (χ0v) is 12.8. The van der Waals surface area contributed by atoms with Crippen molar-refractivity contribution in [2.24, 2.45) is 0 Å². The molecule has 1 N–H and O–H groups in total. The molecule has 0 aliphatic heterocycles. The highest BCUT2D eigenvalue weighted by Gasteiger charge is 2.08. The first kappa shape index (κ1) is 14.9. The van der Waals surface area contributed by atoms with Gasteiger partial charge < -0.3 is 4.98 Å². The third-order valence-corrected chi connectivity index (χ3v) is 4.14. The Morgan fingerprint density at radius 1 is 1.25 bits per heavy atom. The lowest BCUT2D eigenvalue weighted by Gasteiger charge is -2.06. The molecule has 0 spiro atoms. The summed E-state index contributed by atoms with van der Waals surface area (Å²) in [5.41, 5.74) is 2.93. The fourth-order valence-electron chi connectivity index (χ4n) is 2.03. The SMILES string of the molecule is CCCCc1c(C)nc(SCc2ccccc2)[nH]c1=O. The van der Waals surface area contributed by atoms with E-state index in [0.717, 1.165) is 36.3 Å². The highest BCUT2D eigenvalue weighted by Crippen LogP contribution is 2.19. The normalized spacial score (nSPS) is 10.7. The first-order chi connectivity index (χ1) is 9.70. The van der Waals surface area contributed by atoms with Gasteiger partial charge in [-0.2, -0.15) is 0 Å². The average molecular weight is 288 g/mol. The van der Waals surface area contributed by atoms with Crippen molar-refractivity contribution < 1.29 is 0 Å². The summed E-state index contributed by atoms with van der Waals surface area (Å²) in [6, 6.07) is 10.2. The average Bonchev–Trinajstić information content (AvgIpc) is 2.45. The molecule has 0 aliphatic carbocycles. The minimum absolute atomic E-state index is 0.0153. The smallest absolute Gasteiger partial charge is 0.254 e. The fourth-order valence-corrected chi connectivity index (χ4v) is 2.89. The van der Waals surface area contributed by atoms with Crippen LogP contribution in [0.4, 0.5) is 0 Å².